The minimum Gasteiger partial charge on any atom is -0.359 e. The van der Waals surface area contributed by atoms with Crippen LogP contribution in [-0.2, 0) is 4.79 Å². The van der Waals surface area contributed by atoms with Crippen molar-refractivity contribution < 1.29 is 14.2 Å². The van der Waals surface area contributed by atoms with Gasteiger partial charge in [-0.2, -0.15) is 5.10 Å². The number of aromatic nitrogens is 3. The lowest BCUT2D eigenvalue weighted by molar-refractivity contribution is -0.385. The van der Waals surface area contributed by atoms with Gasteiger partial charge >= 0.3 is 5.69 Å². The van der Waals surface area contributed by atoms with E-state index in [2.05, 4.69) is 15.6 Å². The number of carbonyl (C=O) groups excluding carboxylic acids is 1. The molecule has 0 bridgehead atoms. The van der Waals surface area contributed by atoms with Crippen molar-refractivity contribution in [3.05, 3.63) is 34.0 Å². The Morgan fingerprint density at radius 2 is 2.29 bits per heavy atom. The quantitative estimate of drug-likeness (QED) is 0.665. The Morgan fingerprint density at radius 3 is 2.76 bits per heavy atom. The maximum Gasteiger partial charge on any atom is 0.307 e. The summed E-state index contributed by atoms with van der Waals surface area (Å²) in [6, 6.07) is -0.646. The molecule has 0 saturated heterocycles. The summed E-state index contributed by atoms with van der Waals surface area (Å²) in [6.45, 7) is 5.20. The van der Waals surface area contributed by atoms with Gasteiger partial charge in [0.1, 0.15) is 29.8 Å². The second-order valence-electron chi connectivity index (χ2n) is 4.55. The molecule has 2 aromatic rings. The summed E-state index contributed by atoms with van der Waals surface area (Å²) < 4.78 is 6.26. The lowest BCUT2D eigenvalue weighted by atomic mass is 10.2. The molecule has 2 rings (SSSR count). The zero-order chi connectivity index (χ0) is 15.6. The van der Waals surface area contributed by atoms with Crippen molar-refractivity contribution in [2.24, 2.45) is 0 Å². The van der Waals surface area contributed by atoms with Crippen molar-refractivity contribution in [1.29, 1.82) is 0 Å². The summed E-state index contributed by atoms with van der Waals surface area (Å²) in [5, 5.41) is 21.0. The van der Waals surface area contributed by atoms with Crippen molar-refractivity contribution in [2.75, 3.05) is 5.32 Å². The van der Waals surface area contributed by atoms with Crippen LogP contribution in [0.1, 0.15) is 30.8 Å². The average Bonchev–Trinajstić information content (AvgIpc) is 3.02. The maximum atomic E-state index is 12.3. The fraction of sp³-hybridized carbons (Fsp3) is 0.417. The van der Waals surface area contributed by atoms with Crippen LogP contribution in [0.2, 0.25) is 0 Å². The number of amides is 1. The predicted octanol–water partition coefficient (Wildman–Crippen LogP) is 1.99. The number of anilines is 1. The van der Waals surface area contributed by atoms with Gasteiger partial charge in [0.05, 0.1) is 4.92 Å². The van der Waals surface area contributed by atoms with E-state index in [1.54, 1.807) is 20.8 Å². The zero-order valence-electron chi connectivity index (χ0n) is 11.9. The van der Waals surface area contributed by atoms with Crippen molar-refractivity contribution >= 4 is 17.3 Å². The van der Waals surface area contributed by atoms with Crippen LogP contribution in [0.5, 0.6) is 0 Å². The summed E-state index contributed by atoms with van der Waals surface area (Å²) in [5.41, 5.74) is 0.931. The van der Waals surface area contributed by atoms with E-state index in [1.807, 2.05) is 0 Å². The first-order valence-electron chi connectivity index (χ1n) is 6.36. The Hall–Kier alpha value is -2.71. The standard InChI is InChI=1S/C12H15N5O4/c1-4-10(16-6-9(5-13-16)17(19)20)12(18)14-11-7(2)15-21-8(11)3/h5-6,10H,4H2,1-3H3,(H,14,18). The molecule has 2 aromatic heterocycles. The summed E-state index contributed by atoms with van der Waals surface area (Å²) in [6.07, 6.45) is 2.79. The van der Waals surface area contributed by atoms with E-state index in [9.17, 15) is 14.9 Å². The molecule has 1 atom stereocenters. The van der Waals surface area contributed by atoms with Gasteiger partial charge in [-0.1, -0.05) is 12.1 Å². The first-order chi connectivity index (χ1) is 9.93. The minimum atomic E-state index is -0.646. The minimum absolute atomic E-state index is 0.154. The monoisotopic (exact) mass is 293 g/mol. The summed E-state index contributed by atoms with van der Waals surface area (Å²) in [5.74, 6) is 0.173. The van der Waals surface area contributed by atoms with Crippen LogP contribution in [0.4, 0.5) is 11.4 Å². The SMILES string of the molecule is CCC(C(=O)Nc1c(C)noc1C)n1cc([N+](=O)[O-])cn1. The lowest BCUT2D eigenvalue weighted by Gasteiger charge is -2.14. The fourth-order valence-corrected chi connectivity index (χ4v) is 1.95. The Bertz CT molecular complexity index is 655. The van der Waals surface area contributed by atoms with Gasteiger partial charge in [-0.25, -0.2) is 0 Å². The highest BCUT2D eigenvalue weighted by molar-refractivity contribution is 5.94. The molecule has 0 spiro atoms. The Morgan fingerprint density at radius 1 is 1.57 bits per heavy atom. The fourth-order valence-electron chi connectivity index (χ4n) is 1.95. The van der Waals surface area contributed by atoms with Gasteiger partial charge in [0.2, 0.25) is 5.91 Å². The van der Waals surface area contributed by atoms with Crippen molar-refractivity contribution in [2.45, 2.75) is 33.2 Å². The highest BCUT2D eigenvalue weighted by Gasteiger charge is 2.23. The molecule has 0 aromatic carbocycles. The second kappa shape index (κ2) is 5.73. The van der Waals surface area contributed by atoms with Crippen LogP contribution in [-0.4, -0.2) is 25.8 Å². The van der Waals surface area contributed by atoms with Crippen LogP contribution in [0.15, 0.2) is 16.9 Å². The van der Waals surface area contributed by atoms with E-state index in [4.69, 9.17) is 4.52 Å². The highest BCUT2D eigenvalue weighted by atomic mass is 16.6. The topological polar surface area (TPSA) is 116 Å². The van der Waals surface area contributed by atoms with E-state index in [1.165, 1.54) is 10.9 Å². The smallest absolute Gasteiger partial charge is 0.307 e. The number of rotatable bonds is 5. The van der Waals surface area contributed by atoms with Crippen molar-refractivity contribution in [3.63, 3.8) is 0 Å². The molecule has 0 aliphatic carbocycles. The lowest BCUT2D eigenvalue weighted by Crippen LogP contribution is -2.26. The third-order valence-electron chi connectivity index (χ3n) is 3.09. The Kier molecular flexibility index (Phi) is 4.01. The molecule has 21 heavy (non-hydrogen) atoms. The molecule has 1 amide bonds. The van der Waals surface area contributed by atoms with Crippen LogP contribution in [0.3, 0.4) is 0 Å². The summed E-state index contributed by atoms with van der Waals surface area (Å²) in [7, 11) is 0. The molecule has 0 saturated carbocycles. The van der Waals surface area contributed by atoms with Gasteiger partial charge in [0.25, 0.3) is 0 Å². The number of hydrogen-bond acceptors (Lipinski definition) is 6. The van der Waals surface area contributed by atoms with E-state index in [0.717, 1.165) is 6.20 Å². The molecule has 1 unspecified atom stereocenters. The van der Waals surface area contributed by atoms with E-state index in [0.29, 0.717) is 23.6 Å². The normalized spacial score (nSPS) is 12.1. The molecule has 0 radical (unpaired) electrons. The van der Waals surface area contributed by atoms with Crippen LogP contribution < -0.4 is 5.32 Å². The van der Waals surface area contributed by atoms with Crippen molar-refractivity contribution in [3.8, 4) is 0 Å². The number of carbonyl (C=O) groups is 1. The molecule has 0 aliphatic heterocycles. The second-order valence-corrected chi connectivity index (χ2v) is 4.55. The molecule has 9 nitrogen and oxygen atoms in total. The van der Waals surface area contributed by atoms with Crippen LogP contribution >= 0.6 is 0 Å². The third kappa shape index (κ3) is 2.91. The third-order valence-corrected chi connectivity index (χ3v) is 3.09. The van der Waals surface area contributed by atoms with Gasteiger partial charge in [0, 0.05) is 0 Å². The van der Waals surface area contributed by atoms with Gasteiger partial charge in [-0.3, -0.25) is 19.6 Å². The largest absolute Gasteiger partial charge is 0.359 e. The number of hydrogen-bond donors (Lipinski definition) is 1. The molecule has 2 heterocycles. The van der Waals surface area contributed by atoms with Gasteiger partial charge < -0.3 is 9.84 Å². The molecule has 0 aliphatic rings. The van der Waals surface area contributed by atoms with Crippen LogP contribution in [0.25, 0.3) is 0 Å². The Labute approximate surface area is 120 Å². The zero-order valence-corrected chi connectivity index (χ0v) is 11.9. The van der Waals surface area contributed by atoms with Gasteiger partial charge in [0.15, 0.2) is 5.76 Å². The maximum absolute atomic E-state index is 12.3. The highest BCUT2D eigenvalue weighted by Crippen LogP contribution is 2.22. The van der Waals surface area contributed by atoms with Crippen LogP contribution in [0, 0.1) is 24.0 Å². The molecule has 112 valence electrons. The molecule has 1 N–H and O–H groups in total. The first kappa shape index (κ1) is 14.7. The summed E-state index contributed by atoms with van der Waals surface area (Å²) >= 11 is 0. The van der Waals surface area contributed by atoms with Crippen molar-refractivity contribution in [1.82, 2.24) is 14.9 Å². The Balaban J connectivity index is 2.20. The van der Waals surface area contributed by atoms with E-state index >= 15 is 0 Å². The van der Waals surface area contributed by atoms with E-state index < -0.39 is 11.0 Å². The summed E-state index contributed by atoms with van der Waals surface area (Å²) in [4.78, 5) is 22.4. The molecular weight excluding hydrogens is 278 g/mol. The number of nitrogens with one attached hydrogen (secondary N) is 1. The number of nitrogens with zero attached hydrogens (tertiary/aromatic N) is 4. The average molecular weight is 293 g/mol. The number of nitro groups is 1. The molecule has 9 heteroatoms. The van der Waals surface area contributed by atoms with E-state index in [-0.39, 0.29) is 11.6 Å². The van der Waals surface area contributed by atoms with Gasteiger partial charge in [-0.05, 0) is 20.3 Å². The number of aryl methyl sites for hydroxylation is 2. The predicted molar refractivity (Wildman–Crippen MR) is 72.8 cm³/mol. The molecule has 0 fully saturated rings. The first-order valence-corrected chi connectivity index (χ1v) is 6.36. The van der Waals surface area contributed by atoms with Gasteiger partial charge in [-0.15, -0.1) is 0 Å². The molecular formula is C12H15N5O4.